The van der Waals surface area contributed by atoms with Crippen molar-refractivity contribution in [3.8, 4) is 0 Å². The van der Waals surface area contributed by atoms with Crippen molar-refractivity contribution in [2.45, 2.75) is 238 Å². The van der Waals surface area contributed by atoms with Gasteiger partial charge in [0.1, 0.15) is 12.6 Å². The number of hydrogen-bond donors (Lipinski definition) is 0. The summed E-state index contributed by atoms with van der Waals surface area (Å²) >= 11 is 0. The maximum Gasteiger partial charge on any atom is 0.306 e. The van der Waals surface area contributed by atoms with Crippen molar-refractivity contribution in [1.82, 2.24) is 0 Å². The third-order valence-electron chi connectivity index (χ3n) is 11.4. The molecule has 0 fully saturated rings. The van der Waals surface area contributed by atoms with E-state index in [1.54, 1.807) is 21.1 Å². The van der Waals surface area contributed by atoms with E-state index in [4.69, 9.17) is 14.2 Å². The van der Waals surface area contributed by atoms with Crippen LogP contribution in [0.3, 0.4) is 0 Å². The summed E-state index contributed by atoms with van der Waals surface area (Å²) in [6, 6.07) is -0.728. The lowest BCUT2D eigenvalue weighted by atomic mass is 10.1. The summed E-state index contributed by atoms with van der Waals surface area (Å²) in [5, 5.41) is 11.7. The Morgan fingerprint density at radius 3 is 1.35 bits per heavy atom. The molecule has 0 radical (unpaired) electrons. The molecule has 0 amide bonds. The zero-order chi connectivity index (χ0) is 45.6. The number of rotatable bonds is 46. The van der Waals surface area contributed by atoms with Gasteiger partial charge in [-0.15, -0.1) is 0 Å². The number of carboxylic acid groups (broad SMARTS) is 1. The van der Waals surface area contributed by atoms with E-state index in [2.05, 4.69) is 62.5 Å². The Morgan fingerprint density at radius 1 is 0.500 bits per heavy atom. The molecule has 0 heterocycles. The summed E-state index contributed by atoms with van der Waals surface area (Å²) in [5.41, 5.74) is 0. The first-order valence-electron chi connectivity index (χ1n) is 25.7. The summed E-state index contributed by atoms with van der Waals surface area (Å²) in [5.74, 6) is -1.74. The highest BCUT2D eigenvalue weighted by molar-refractivity contribution is 5.70. The van der Waals surface area contributed by atoms with Gasteiger partial charge in [-0.2, -0.15) is 0 Å². The van der Waals surface area contributed by atoms with Crippen LogP contribution in [0, 0.1) is 0 Å². The molecule has 0 aromatic carbocycles. The van der Waals surface area contributed by atoms with Crippen molar-refractivity contribution in [3.63, 3.8) is 0 Å². The van der Waals surface area contributed by atoms with Crippen LogP contribution in [0.2, 0.25) is 0 Å². The summed E-state index contributed by atoms with van der Waals surface area (Å²) in [6.45, 7) is 4.56. The third kappa shape index (κ3) is 42.6. The molecule has 2 atom stereocenters. The quantitative estimate of drug-likeness (QED) is 0.0260. The van der Waals surface area contributed by atoms with Crippen LogP contribution >= 0.6 is 0 Å². The second kappa shape index (κ2) is 44.9. The minimum absolute atomic E-state index is 0.0377. The summed E-state index contributed by atoms with van der Waals surface area (Å²) in [4.78, 5) is 37.0. The number of aliphatic carboxylic acids is 1. The van der Waals surface area contributed by atoms with Crippen molar-refractivity contribution in [2.24, 2.45) is 0 Å². The topological polar surface area (TPSA) is 102 Å². The Labute approximate surface area is 382 Å². The van der Waals surface area contributed by atoms with Crippen molar-refractivity contribution >= 4 is 17.9 Å². The van der Waals surface area contributed by atoms with Gasteiger partial charge < -0.3 is 28.6 Å². The molecule has 0 bridgehead atoms. The Hall–Kier alpha value is -2.71. The molecular formula is C54H97NO7. The lowest BCUT2D eigenvalue weighted by Crippen LogP contribution is -2.55. The van der Waals surface area contributed by atoms with E-state index >= 15 is 0 Å². The first-order chi connectivity index (χ1) is 30.1. The SMILES string of the molecule is CC/C=C/C/C=C/C/C=C/CCCCCCCCCCCC(=O)OCC(COCCC(C(=O)[O-])[N+](C)(C)C)OC(=O)CCCCCCCCC/C=C/CCCCCCCCCC. The molecule has 8 heteroatoms. The summed E-state index contributed by atoms with van der Waals surface area (Å²) in [7, 11) is 5.41. The standard InChI is InChI=1S/C54H97NO7/c1-6-8-10-12-14-16-18-20-22-24-26-28-30-32-34-36-38-40-42-44-52(56)61-49-50(48-60-47-46-51(54(58)59)55(3,4)5)62-53(57)45-43-41-39-37-35-33-31-29-27-25-23-21-19-17-15-13-11-9-7-2/h8,10,14,16,20,22,25,27,50-51H,6-7,9,11-13,15,17-19,21,23-24,26,28-49H2,1-5H3/b10-8+,16-14+,22-20+,27-25+. The van der Waals surface area contributed by atoms with Crippen LogP contribution in [-0.4, -0.2) is 75.5 Å². The van der Waals surface area contributed by atoms with Gasteiger partial charge in [0.05, 0.1) is 40.3 Å². The van der Waals surface area contributed by atoms with Crippen LogP contribution < -0.4 is 5.11 Å². The van der Waals surface area contributed by atoms with Crippen LogP contribution in [0.5, 0.6) is 0 Å². The van der Waals surface area contributed by atoms with E-state index in [1.807, 2.05) is 0 Å². The monoisotopic (exact) mass is 872 g/mol. The number of unbranched alkanes of at least 4 members (excludes halogenated alkanes) is 24. The number of likely N-dealkylation sites (N-methyl/N-ethyl adjacent to an activating group) is 1. The van der Waals surface area contributed by atoms with Gasteiger partial charge in [-0.1, -0.05) is 184 Å². The number of allylic oxidation sites excluding steroid dienone is 8. The predicted octanol–water partition coefficient (Wildman–Crippen LogP) is 13.4. The van der Waals surface area contributed by atoms with Crippen molar-refractivity contribution in [2.75, 3.05) is 41.0 Å². The smallest absolute Gasteiger partial charge is 0.306 e. The predicted molar refractivity (Wildman–Crippen MR) is 259 cm³/mol. The highest BCUT2D eigenvalue weighted by Gasteiger charge is 2.25. The molecule has 0 aliphatic heterocycles. The average molecular weight is 872 g/mol. The lowest BCUT2D eigenvalue weighted by molar-refractivity contribution is -0.889. The molecule has 360 valence electrons. The minimum Gasteiger partial charge on any atom is -0.544 e. The number of carbonyl (C=O) groups excluding carboxylic acids is 3. The molecular weight excluding hydrogens is 775 g/mol. The van der Waals surface area contributed by atoms with E-state index in [-0.39, 0.29) is 42.7 Å². The molecule has 62 heavy (non-hydrogen) atoms. The van der Waals surface area contributed by atoms with Crippen LogP contribution in [-0.2, 0) is 28.6 Å². The number of carbonyl (C=O) groups is 3. The van der Waals surface area contributed by atoms with Gasteiger partial charge in [0.25, 0.3) is 0 Å². The number of hydrogen-bond acceptors (Lipinski definition) is 7. The molecule has 2 unspecified atom stereocenters. The molecule has 0 aromatic rings. The number of nitrogens with zero attached hydrogens (tertiary/aromatic N) is 1. The van der Waals surface area contributed by atoms with E-state index in [0.717, 1.165) is 64.2 Å². The molecule has 0 aliphatic rings. The molecule has 0 aromatic heterocycles. The molecule has 8 nitrogen and oxygen atoms in total. The van der Waals surface area contributed by atoms with E-state index in [9.17, 15) is 19.5 Å². The molecule has 0 N–H and O–H groups in total. The lowest BCUT2D eigenvalue weighted by Gasteiger charge is -2.34. The van der Waals surface area contributed by atoms with E-state index in [0.29, 0.717) is 12.8 Å². The molecule has 0 saturated carbocycles. The van der Waals surface area contributed by atoms with Crippen molar-refractivity contribution < 1.29 is 38.2 Å². The summed E-state index contributed by atoms with van der Waals surface area (Å²) in [6.07, 6.45) is 54.2. The number of esters is 2. The van der Waals surface area contributed by atoms with Gasteiger partial charge >= 0.3 is 11.9 Å². The van der Waals surface area contributed by atoms with Crippen LogP contribution in [0.25, 0.3) is 0 Å². The number of carboxylic acids is 1. The first kappa shape index (κ1) is 59.3. The molecule has 0 aliphatic carbocycles. The zero-order valence-electron chi connectivity index (χ0n) is 41.0. The Morgan fingerprint density at radius 2 is 0.903 bits per heavy atom. The number of ether oxygens (including phenoxy) is 3. The Bertz CT molecular complexity index is 1150. The molecule has 0 spiro atoms. The second-order valence-electron chi connectivity index (χ2n) is 18.4. The van der Waals surface area contributed by atoms with Gasteiger partial charge in [0, 0.05) is 19.3 Å². The van der Waals surface area contributed by atoms with Crippen LogP contribution in [0.1, 0.15) is 226 Å². The fourth-order valence-corrected chi connectivity index (χ4v) is 7.49. The van der Waals surface area contributed by atoms with Crippen molar-refractivity contribution in [1.29, 1.82) is 0 Å². The van der Waals surface area contributed by atoms with Gasteiger partial charge in [0.2, 0.25) is 0 Å². The second-order valence-corrected chi connectivity index (χ2v) is 18.4. The normalized spacial score (nSPS) is 13.2. The van der Waals surface area contributed by atoms with Crippen LogP contribution in [0.4, 0.5) is 0 Å². The Kier molecular flexibility index (Phi) is 42.9. The van der Waals surface area contributed by atoms with Crippen LogP contribution in [0.15, 0.2) is 48.6 Å². The molecule has 0 saturated heterocycles. The van der Waals surface area contributed by atoms with E-state index < -0.39 is 18.1 Å². The fourth-order valence-electron chi connectivity index (χ4n) is 7.49. The molecule has 0 rings (SSSR count). The highest BCUT2D eigenvalue weighted by Crippen LogP contribution is 2.15. The largest absolute Gasteiger partial charge is 0.544 e. The third-order valence-corrected chi connectivity index (χ3v) is 11.4. The highest BCUT2D eigenvalue weighted by atomic mass is 16.6. The van der Waals surface area contributed by atoms with Gasteiger partial charge in [-0.05, 0) is 70.6 Å². The van der Waals surface area contributed by atoms with Gasteiger partial charge in [-0.3, -0.25) is 9.59 Å². The number of quaternary nitrogens is 1. The summed E-state index contributed by atoms with van der Waals surface area (Å²) < 4.78 is 17.2. The van der Waals surface area contributed by atoms with Crippen molar-refractivity contribution in [3.05, 3.63) is 48.6 Å². The van der Waals surface area contributed by atoms with E-state index in [1.165, 1.54) is 128 Å². The first-order valence-corrected chi connectivity index (χ1v) is 25.7. The zero-order valence-corrected chi connectivity index (χ0v) is 41.0. The van der Waals surface area contributed by atoms with Gasteiger partial charge in [-0.25, -0.2) is 0 Å². The Balaban J connectivity index is 4.25. The van der Waals surface area contributed by atoms with Gasteiger partial charge in [0.15, 0.2) is 6.10 Å². The maximum atomic E-state index is 12.8. The maximum absolute atomic E-state index is 12.8. The minimum atomic E-state index is -1.13. The average Bonchev–Trinajstić information content (AvgIpc) is 3.23. The fraction of sp³-hybridized carbons (Fsp3) is 0.796.